The van der Waals surface area contributed by atoms with Crippen LogP contribution in [0.3, 0.4) is 0 Å². The Morgan fingerprint density at radius 1 is 1.25 bits per heavy atom. The van der Waals surface area contributed by atoms with E-state index in [1.807, 2.05) is 0 Å². The Morgan fingerprint density at radius 3 is 2.50 bits per heavy atom. The number of hydrogen-bond acceptors (Lipinski definition) is 2. The monoisotopic (exact) mass is 272 g/mol. The molecule has 20 heavy (non-hydrogen) atoms. The average Bonchev–Trinajstić information content (AvgIpc) is 2.67. The van der Waals surface area contributed by atoms with E-state index in [0.29, 0.717) is 12.0 Å². The van der Waals surface area contributed by atoms with Crippen LogP contribution < -0.4 is 5.32 Å². The van der Waals surface area contributed by atoms with Gasteiger partial charge in [-0.25, -0.2) is 0 Å². The molecular weight excluding hydrogens is 248 g/mol. The van der Waals surface area contributed by atoms with Crippen LogP contribution in [0.5, 0.6) is 0 Å². The molecule has 1 saturated heterocycles. The van der Waals surface area contributed by atoms with E-state index in [9.17, 15) is 4.79 Å². The Balaban J connectivity index is 1.95. The molecule has 1 aromatic carbocycles. The molecule has 108 valence electrons. The van der Waals surface area contributed by atoms with E-state index in [4.69, 9.17) is 0 Å². The highest BCUT2D eigenvalue weighted by molar-refractivity contribution is 5.85. The Morgan fingerprint density at radius 2 is 1.95 bits per heavy atom. The van der Waals surface area contributed by atoms with Gasteiger partial charge in [0.15, 0.2) is 0 Å². The van der Waals surface area contributed by atoms with Crippen LogP contribution >= 0.6 is 0 Å². The van der Waals surface area contributed by atoms with Crippen molar-refractivity contribution in [2.24, 2.45) is 5.92 Å². The molecule has 0 aromatic heterocycles. The SMILES string of the molecule is Cc1ccccc1C1NC(C(C)C)C(=O)N1C1CCC1. The molecule has 2 fully saturated rings. The molecular formula is C17H24N2O. The molecule has 3 heteroatoms. The summed E-state index contributed by atoms with van der Waals surface area (Å²) in [6.07, 6.45) is 3.61. The summed E-state index contributed by atoms with van der Waals surface area (Å²) in [5, 5.41) is 3.57. The summed E-state index contributed by atoms with van der Waals surface area (Å²) in [5.74, 6) is 0.622. The summed E-state index contributed by atoms with van der Waals surface area (Å²) in [6.45, 7) is 6.37. The van der Waals surface area contributed by atoms with Crippen LogP contribution in [0.15, 0.2) is 24.3 Å². The molecule has 0 spiro atoms. The Labute approximate surface area is 121 Å². The van der Waals surface area contributed by atoms with Crippen molar-refractivity contribution in [3.05, 3.63) is 35.4 Å². The average molecular weight is 272 g/mol. The quantitative estimate of drug-likeness (QED) is 0.917. The molecule has 1 aromatic rings. The van der Waals surface area contributed by atoms with Crippen LogP contribution in [0.25, 0.3) is 0 Å². The summed E-state index contributed by atoms with van der Waals surface area (Å²) < 4.78 is 0. The van der Waals surface area contributed by atoms with Crippen molar-refractivity contribution in [2.75, 3.05) is 0 Å². The van der Waals surface area contributed by atoms with Crippen molar-refractivity contribution in [2.45, 2.75) is 58.3 Å². The number of nitrogens with one attached hydrogen (secondary N) is 1. The number of amides is 1. The van der Waals surface area contributed by atoms with Crippen molar-refractivity contribution in [3.8, 4) is 0 Å². The van der Waals surface area contributed by atoms with Crippen LogP contribution in [0.2, 0.25) is 0 Å². The summed E-state index contributed by atoms with van der Waals surface area (Å²) in [5.41, 5.74) is 2.50. The minimum atomic E-state index is -0.0415. The van der Waals surface area contributed by atoms with Gasteiger partial charge < -0.3 is 4.90 Å². The van der Waals surface area contributed by atoms with E-state index < -0.39 is 0 Å². The maximum atomic E-state index is 12.7. The second-order valence-electron chi connectivity index (χ2n) is 6.48. The standard InChI is InChI=1S/C17H24N2O/c1-11(2)15-17(20)19(13-8-6-9-13)16(18-15)14-10-5-4-7-12(14)3/h4-5,7,10-11,13,15-16,18H,6,8-9H2,1-3H3. The van der Waals surface area contributed by atoms with Gasteiger partial charge in [-0.15, -0.1) is 0 Å². The molecule has 2 unspecified atom stereocenters. The van der Waals surface area contributed by atoms with Crippen LogP contribution in [-0.4, -0.2) is 22.9 Å². The van der Waals surface area contributed by atoms with Gasteiger partial charge in [0.25, 0.3) is 0 Å². The van der Waals surface area contributed by atoms with Gasteiger partial charge in [-0.05, 0) is 43.2 Å². The highest BCUT2D eigenvalue weighted by Gasteiger charge is 2.45. The smallest absolute Gasteiger partial charge is 0.241 e. The first kappa shape index (κ1) is 13.6. The van der Waals surface area contributed by atoms with Gasteiger partial charge in [-0.3, -0.25) is 10.1 Å². The molecule has 1 saturated carbocycles. The Hall–Kier alpha value is -1.35. The summed E-state index contributed by atoms with van der Waals surface area (Å²) >= 11 is 0. The van der Waals surface area contributed by atoms with Gasteiger partial charge in [0.2, 0.25) is 5.91 Å². The third-order valence-corrected chi connectivity index (χ3v) is 4.75. The van der Waals surface area contributed by atoms with E-state index in [1.54, 1.807) is 0 Å². The lowest BCUT2D eigenvalue weighted by Gasteiger charge is -2.38. The highest BCUT2D eigenvalue weighted by atomic mass is 16.2. The second kappa shape index (κ2) is 5.21. The summed E-state index contributed by atoms with van der Waals surface area (Å²) in [4.78, 5) is 14.9. The zero-order valence-electron chi connectivity index (χ0n) is 12.6. The minimum Gasteiger partial charge on any atom is -0.319 e. The molecule has 3 nitrogen and oxygen atoms in total. The van der Waals surface area contributed by atoms with E-state index in [-0.39, 0.29) is 18.1 Å². The Kier molecular flexibility index (Phi) is 3.55. The fourth-order valence-electron chi connectivity index (χ4n) is 3.28. The molecule has 1 N–H and O–H groups in total. The minimum absolute atomic E-state index is 0.0415. The molecule has 2 aliphatic rings. The third-order valence-electron chi connectivity index (χ3n) is 4.75. The summed E-state index contributed by atoms with van der Waals surface area (Å²) in [6, 6.07) is 8.79. The molecule has 0 radical (unpaired) electrons. The molecule has 2 atom stereocenters. The number of aryl methyl sites for hydroxylation is 1. The second-order valence-corrected chi connectivity index (χ2v) is 6.48. The van der Waals surface area contributed by atoms with Crippen LogP contribution in [0.4, 0.5) is 0 Å². The van der Waals surface area contributed by atoms with Gasteiger partial charge in [-0.2, -0.15) is 0 Å². The van der Waals surface area contributed by atoms with E-state index in [1.165, 1.54) is 17.5 Å². The normalized spacial score (nSPS) is 27.2. The molecule has 0 bridgehead atoms. The first-order chi connectivity index (χ1) is 9.59. The fraction of sp³-hybridized carbons (Fsp3) is 0.588. The van der Waals surface area contributed by atoms with Crippen LogP contribution in [0, 0.1) is 12.8 Å². The van der Waals surface area contributed by atoms with Crippen molar-refractivity contribution in [3.63, 3.8) is 0 Å². The molecule has 1 aliphatic carbocycles. The van der Waals surface area contributed by atoms with Gasteiger partial charge >= 0.3 is 0 Å². The maximum Gasteiger partial charge on any atom is 0.241 e. The van der Waals surface area contributed by atoms with Crippen molar-refractivity contribution in [1.82, 2.24) is 10.2 Å². The number of hydrogen-bond donors (Lipinski definition) is 1. The van der Waals surface area contributed by atoms with Crippen molar-refractivity contribution >= 4 is 5.91 Å². The molecule has 3 rings (SSSR count). The van der Waals surface area contributed by atoms with Crippen LogP contribution in [-0.2, 0) is 4.79 Å². The Bertz CT molecular complexity index is 507. The maximum absolute atomic E-state index is 12.7. The van der Waals surface area contributed by atoms with Gasteiger partial charge in [0.1, 0.15) is 6.17 Å². The number of benzene rings is 1. The van der Waals surface area contributed by atoms with Gasteiger partial charge in [-0.1, -0.05) is 38.1 Å². The van der Waals surface area contributed by atoms with Gasteiger partial charge in [0, 0.05) is 6.04 Å². The third kappa shape index (κ3) is 2.14. The van der Waals surface area contributed by atoms with Crippen molar-refractivity contribution < 1.29 is 4.79 Å². The predicted octanol–water partition coefficient (Wildman–Crippen LogP) is 3.00. The molecule has 1 aliphatic heterocycles. The van der Waals surface area contributed by atoms with Crippen molar-refractivity contribution in [1.29, 1.82) is 0 Å². The largest absolute Gasteiger partial charge is 0.319 e. The number of carbonyl (C=O) groups is 1. The van der Waals surface area contributed by atoms with Crippen LogP contribution in [0.1, 0.15) is 50.4 Å². The molecule has 1 amide bonds. The zero-order chi connectivity index (χ0) is 14.3. The first-order valence-corrected chi connectivity index (χ1v) is 7.73. The lowest BCUT2D eigenvalue weighted by molar-refractivity contribution is -0.134. The first-order valence-electron chi connectivity index (χ1n) is 7.73. The number of carbonyl (C=O) groups excluding carboxylic acids is 1. The highest BCUT2D eigenvalue weighted by Crippen LogP contribution is 2.37. The summed E-state index contributed by atoms with van der Waals surface area (Å²) in [7, 11) is 0. The predicted molar refractivity (Wildman–Crippen MR) is 80.2 cm³/mol. The van der Waals surface area contributed by atoms with E-state index in [0.717, 1.165) is 12.8 Å². The van der Waals surface area contributed by atoms with Gasteiger partial charge in [0.05, 0.1) is 6.04 Å². The molecule has 1 heterocycles. The zero-order valence-corrected chi connectivity index (χ0v) is 12.6. The van der Waals surface area contributed by atoms with E-state index >= 15 is 0 Å². The number of rotatable bonds is 3. The fourth-order valence-corrected chi connectivity index (χ4v) is 3.28. The topological polar surface area (TPSA) is 32.3 Å². The number of nitrogens with zero attached hydrogens (tertiary/aromatic N) is 1. The lowest BCUT2D eigenvalue weighted by Crippen LogP contribution is -2.44. The van der Waals surface area contributed by atoms with E-state index in [2.05, 4.69) is 55.3 Å². The lowest BCUT2D eigenvalue weighted by atomic mass is 9.90.